The van der Waals surface area contributed by atoms with Gasteiger partial charge in [0.2, 0.25) is 10.0 Å². The van der Waals surface area contributed by atoms with Gasteiger partial charge in [-0.25, -0.2) is 12.7 Å². The Hall–Kier alpha value is -1.31. The van der Waals surface area contributed by atoms with Gasteiger partial charge >= 0.3 is 0 Å². The Morgan fingerprint density at radius 1 is 1.33 bits per heavy atom. The number of carbonyl (C=O) groups is 1. The number of nitrogens with one attached hydrogen (secondary N) is 1. The van der Waals surface area contributed by atoms with Gasteiger partial charge < -0.3 is 10.1 Å². The van der Waals surface area contributed by atoms with Crippen LogP contribution in [-0.2, 0) is 14.8 Å². The number of amides is 1. The molecular formula is C16H23ClN2O4S. The minimum atomic E-state index is -3.15. The van der Waals surface area contributed by atoms with Gasteiger partial charge in [0, 0.05) is 24.2 Å². The van der Waals surface area contributed by atoms with Gasteiger partial charge in [-0.3, -0.25) is 4.79 Å². The van der Waals surface area contributed by atoms with Gasteiger partial charge in [-0.1, -0.05) is 11.6 Å². The lowest BCUT2D eigenvalue weighted by Gasteiger charge is -2.31. The second kappa shape index (κ2) is 8.18. The molecule has 1 aliphatic rings. The maximum atomic E-state index is 12.2. The first-order chi connectivity index (χ1) is 11.3. The molecule has 1 atom stereocenters. The number of piperidine rings is 1. The smallest absolute Gasteiger partial charge is 0.260 e. The summed E-state index contributed by atoms with van der Waals surface area (Å²) >= 11 is 5.81. The molecule has 1 fully saturated rings. The maximum Gasteiger partial charge on any atom is 0.260 e. The van der Waals surface area contributed by atoms with Gasteiger partial charge in [0.15, 0.2) is 6.10 Å². The van der Waals surface area contributed by atoms with E-state index in [2.05, 4.69) is 5.32 Å². The lowest BCUT2D eigenvalue weighted by molar-refractivity contribution is -0.128. The predicted molar refractivity (Wildman–Crippen MR) is 93.7 cm³/mol. The third-order valence-electron chi connectivity index (χ3n) is 4.05. The van der Waals surface area contributed by atoms with E-state index in [9.17, 15) is 13.2 Å². The van der Waals surface area contributed by atoms with E-state index < -0.39 is 16.1 Å². The van der Waals surface area contributed by atoms with Gasteiger partial charge in [-0.2, -0.15) is 0 Å². The summed E-state index contributed by atoms with van der Waals surface area (Å²) in [4.78, 5) is 12.2. The predicted octanol–water partition coefficient (Wildman–Crippen LogP) is 2.04. The number of ether oxygens (including phenoxy) is 1. The van der Waals surface area contributed by atoms with Crippen molar-refractivity contribution in [1.82, 2.24) is 9.62 Å². The van der Waals surface area contributed by atoms with Crippen LogP contribution in [0.3, 0.4) is 0 Å². The van der Waals surface area contributed by atoms with Crippen molar-refractivity contribution in [2.45, 2.75) is 38.8 Å². The van der Waals surface area contributed by atoms with E-state index in [0.717, 1.165) is 0 Å². The molecule has 8 heteroatoms. The summed E-state index contributed by atoms with van der Waals surface area (Å²) in [7, 11) is -3.15. The summed E-state index contributed by atoms with van der Waals surface area (Å²) in [6.07, 6.45) is 0.584. The van der Waals surface area contributed by atoms with Crippen LogP contribution in [0.15, 0.2) is 24.3 Å². The van der Waals surface area contributed by atoms with Crippen molar-refractivity contribution in [2.75, 3.05) is 18.8 Å². The molecule has 1 aliphatic heterocycles. The molecule has 0 radical (unpaired) electrons. The normalized spacial score (nSPS) is 18.1. The molecule has 2 rings (SSSR count). The lowest BCUT2D eigenvalue weighted by atomic mass is 10.1. The van der Waals surface area contributed by atoms with Crippen LogP contribution in [0.4, 0.5) is 0 Å². The highest BCUT2D eigenvalue weighted by Crippen LogP contribution is 2.18. The molecular weight excluding hydrogens is 352 g/mol. The van der Waals surface area contributed by atoms with Crippen LogP contribution in [-0.4, -0.2) is 49.6 Å². The molecule has 1 unspecified atom stereocenters. The largest absolute Gasteiger partial charge is 0.481 e. The number of halogens is 1. The van der Waals surface area contributed by atoms with Crippen LogP contribution in [0.25, 0.3) is 0 Å². The highest BCUT2D eigenvalue weighted by atomic mass is 35.5. The molecule has 1 amide bonds. The van der Waals surface area contributed by atoms with Crippen molar-refractivity contribution in [1.29, 1.82) is 0 Å². The quantitative estimate of drug-likeness (QED) is 0.826. The highest BCUT2D eigenvalue weighted by Gasteiger charge is 2.28. The van der Waals surface area contributed by atoms with Crippen molar-refractivity contribution in [2.24, 2.45) is 0 Å². The van der Waals surface area contributed by atoms with Gasteiger partial charge in [-0.15, -0.1) is 0 Å². The van der Waals surface area contributed by atoms with Crippen LogP contribution >= 0.6 is 11.6 Å². The first-order valence-electron chi connectivity index (χ1n) is 8.02. The first kappa shape index (κ1) is 19.0. The Balaban J connectivity index is 1.81. The third kappa shape index (κ3) is 5.09. The Bertz CT molecular complexity index is 655. The van der Waals surface area contributed by atoms with Crippen LogP contribution < -0.4 is 10.1 Å². The van der Waals surface area contributed by atoms with Crippen LogP contribution in [0.2, 0.25) is 5.02 Å². The molecule has 0 aliphatic carbocycles. The number of benzene rings is 1. The molecule has 1 N–H and O–H groups in total. The fourth-order valence-corrected chi connectivity index (χ4v) is 3.81. The minimum absolute atomic E-state index is 0.0305. The number of hydrogen-bond acceptors (Lipinski definition) is 4. The molecule has 0 saturated carbocycles. The Kier molecular flexibility index (Phi) is 6.48. The number of carbonyl (C=O) groups excluding carboxylic acids is 1. The first-order valence-corrected chi connectivity index (χ1v) is 10.0. The molecule has 0 aromatic heterocycles. The molecule has 24 heavy (non-hydrogen) atoms. The summed E-state index contributed by atoms with van der Waals surface area (Å²) < 4.78 is 30.7. The van der Waals surface area contributed by atoms with Gasteiger partial charge in [-0.05, 0) is 51.0 Å². The average molecular weight is 375 g/mol. The molecule has 0 spiro atoms. The van der Waals surface area contributed by atoms with Crippen LogP contribution in [0, 0.1) is 0 Å². The Labute approximate surface area is 148 Å². The van der Waals surface area contributed by atoms with Crippen molar-refractivity contribution in [3.8, 4) is 5.75 Å². The zero-order valence-corrected chi connectivity index (χ0v) is 15.4. The molecule has 6 nitrogen and oxygen atoms in total. The molecule has 1 saturated heterocycles. The monoisotopic (exact) mass is 374 g/mol. The van der Waals surface area contributed by atoms with Gasteiger partial charge in [0.1, 0.15) is 5.75 Å². The van der Waals surface area contributed by atoms with Crippen molar-refractivity contribution in [3.05, 3.63) is 29.3 Å². The maximum absolute atomic E-state index is 12.2. The number of rotatable bonds is 6. The number of sulfonamides is 1. The summed E-state index contributed by atoms with van der Waals surface area (Å²) in [6.45, 7) is 4.20. The van der Waals surface area contributed by atoms with Crippen LogP contribution in [0.1, 0.15) is 26.7 Å². The van der Waals surface area contributed by atoms with Crippen LogP contribution in [0.5, 0.6) is 5.75 Å². The Morgan fingerprint density at radius 3 is 2.46 bits per heavy atom. The minimum Gasteiger partial charge on any atom is -0.481 e. The molecule has 0 bridgehead atoms. The van der Waals surface area contributed by atoms with Gasteiger partial charge in [0.25, 0.3) is 5.91 Å². The fourth-order valence-electron chi connectivity index (χ4n) is 2.55. The molecule has 1 aromatic carbocycles. The summed E-state index contributed by atoms with van der Waals surface area (Å²) in [5.41, 5.74) is 0. The van der Waals surface area contributed by atoms with E-state index in [1.807, 2.05) is 0 Å². The highest BCUT2D eigenvalue weighted by molar-refractivity contribution is 7.89. The van der Waals surface area contributed by atoms with E-state index in [0.29, 0.717) is 36.7 Å². The van der Waals surface area contributed by atoms with Crippen molar-refractivity contribution >= 4 is 27.5 Å². The van der Waals surface area contributed by atoms with Gasteiger partial charge in [0.05, 0.1) is 5.75 Å². The number of nitrogens with zero attached hydrogens (tertiary/aromatic N) is 1. The SMILES string of the molecule is CCS(=O)(=O)N1CCC(NC(=O)C(C)Oc2ccc(Cl)cc2)CC1. The molecule has 134 valence electrons. The Morgan fingerprint density at radius 2 is 1.92 bits per heavy atom. The molecule has 1 aromatic rings. The van der Waals surface area contributed by atoms with E-state index in [4.69, 9.17) is 16.3 Å². The van der Waals surface area contributed by atoms with E-state index in [1.54, 1.807) is 38.1 Å². The van der Waals surface area contributed by atoms with Crippen molar-refractivity contribution in [3.63, 3.8) is 0 Å². The zero-order chi connectivity index (χ0) is 17.7. The molecule has 1 heterocycles. The number of hydrogen-bond donors (Lipinski definition) is 1. The third-order valence-corrected chi connectivity index (χ3v) is 6.19. The fraction of sp³-hybridized carbons (Fsp3) is 0.562. The van der Waals surface area contributed by atoms with E-state index >= 15 is 0 Å². The average Bonchev–Trinajstić information content (AvgIpc) is 2.57. The lowest BCUT2D eigenvalue weighted by Crippen LogP contribution is -2.49. The summed E-state index contributed by atoms with van der Waals surface area (Å²) in [5.74, 6) is 0.475. The van der Waals surface area contributed by atoms with Crippen molar-refractivity contribution < 1.29 is 17.9 Å². The summed E-state index contributed by atoms with van der Waals surface area (Å²) in [6, 6.07) is 6.79. The standard InChI is InChI=1S/C16H23ClN2O4S/c1-3-24(21,22)19-10-8-14(9-11-19)18-16(20)12(2)23-15-6-4-13(17)5-7-15/h4-7,12,14H,3,8-11H2,1-2H3,(H,18,20). The summed E-state index contributed by atoms with van der Waals surface area (Å²) in [5, 5.41) is 3.53. The second-order valence-corrected chi connectivity index (χ2v) is 8.49. The second-order valence-electron chi connectivity index (χ2n) is 5.80. The zero-order valence-electron chi connectivity index (χ0n) is 13.9. The topological polar surface area (TPSA) is 75.7 Å². The van der Waals surface area contributed by atoms with E-state index in [1.165, 1.54) is 4.31 Å². The van der Waals surface area contributed by atoms with E-state index in [-0.39, 0.29) is 17.7 Å².